The van der Waals surface area contributed by atoms with E-state index < -0.39 is 11.0 Å². The van der Waals surface area contributed by atoms with E-state index in [9.17, 15) is 14.9 Å². The van der Waals surface area contributed by atoms with Crippen molar-refractivity contribution in [3.63, 3.8) is 0 Å². The van der Waals surface area contributed by atoms with Gasteiger partial charge < -0.3 is 17.6 Å². The van der Waals surface area contributed by atoms with Gasteiger partial charge in [-0.3, -0.25) is 14.9 Å². The van der Waals surface area contributed by atoms with Crippen LogP contribution >= 0.6 is 0 Å². The van der Waals surface area contributed by atoms with Crippen molar-refractivity contribution in [3.8, 4) is 0 Å². The normalized spacial score (nSPS) is 12.6. The van der Waals surface area contributed by atoms with Crippen LogP contribution in [-0.2, 0) is 19.0 Å². The highest BCUT2D eigenvalue weighted by Crippen LogP contribution is 2.16. The largest absolute Gasteiger partial charge is 0.758 e. The lowest BCUT2D eigenvalue weighted by Gasteiger charge is -2.18. The molecule has 0 bridgehead atoms. The molecule has 136 valence electrons. The third-order valence-electron chi connectivity index (χ3n) is 3.92. The molecule has 0 fully saturated rings. The summed E-state index contributed by atoms with van der Waals surface area (Å²) in [6, 6.07) is 8.73. The Bertz CT molecular complexity index is 802. The Morgan fingerprint density at radius 3 is 2.31 bits per heavy atom. The van der Waals surface area contributed by atoms with Gasteiger partial charge in [0.25, 0.3) is 5.69 Å². The van der Waals surface area contributed by atoms with E-state index in [4.69, 9.17) is 12.6 Å². The zero-order valence-corrected chi connectivity index (χ0v) is 15.6. The lowest BCUT2D eigenvalue weighted by molar-refractivity contribution is -0.692. The molecule has 7 heteroatoms. The van der Waals surface area contributed by atoms with Gasteiger partial charge in [0.05, 0.1) is 4.92 Å². The number of nitro groups is 1. The van der Waals surface area contributed by atoms with E-state index >= 15 is 0 Å². The van der Waals surface area contributed by atoms with Crippen molar-refractivity contribution in [2.24, 2.45) is 4.99 Å². The first-order chi connectivity index (χ1) is 12.5. The summed E-state index contributed by atoms with van der Waals surface area (Å²) in [5.74, 6) is -0.240. The van der Waals surface area contributed by atoms with Crippen molar-refractivity contribution >= 4 is 29.1 Å². The van der Waals surface area contributed by atoms with Gasteiger partial charge in [0.1, 0.15) is 0 Å². The summed E-state index contributed by atoms with van der Waals surface area (Å²) < 4.78 is 1.74. The average molecular weight is 371 g/mol. The van der Waals surface area contributed by atoms with Crippen molar-refractivity contribution in [1.29, 1.82) is 0 Å². The fraction of sp³-hybridized carbons (Fsp3) is 0.316. The zero-order chi connectivity index (χ0) is 19.1. The second-order valence-electron chi connectivity index (χ2n) is 5.79. The number of ketones is 1. The van der Waals surface area contributed by atoms with Gasteiger partial charge in [0.2, 0.25) is 11.8 Å². The fourth-order valence-electron chi connectivity index (χ4n) is 2.62. The Balaban J connectivity index is 2.39. The Kier molecular flexibility index (Phi) is 6.91. The van der Waals surface area contributed by atoms with E-state index in [1.807, 2.05) is 31.5 Å². The van der Waals surface area contributed by atoms with Gasteiger partial charge in [0.15, 0.2) is 12.4 Å². The Morgan fingerprint density at radius 2 is 1.81 bits per heavy atom. The molecule has 0 radical (unpaired) electrons. The van der Waals surface area contributed by atoms with E-state index in [-0.39, 0.29) is 11.5 Å². The molecule has 2 aromatic rings. The maximum absolute atomic E-state index is 13.0. The first kappa shape index (κ1) is 19.7. The minimum Gasteiger partial charge on any atom is -0.758 e. The van der Waals surface area contributed by atoms with Gasteiger partial charge in [-0.25, -0.2) is 0 Å². The smallest absolute Gasteiger partial charge is 0.269 e. The minimum absolute atomic E-state index is 0.0597. The quantitative estimate of drug-likeness (QED) is 0.136. The number of Topliss-reactive ketones (excluding diaryl/α,β-unsaturated/α-hetero) is 1. The second kappa shape index (κ2) is 9.15. The van der Waals surface area contributed by atoms with E-state index in [0.29, 0.717) is 17.2 Å². The van der Waals surface area contributed by atoms with Crippen LogP contribution in [-0.4, -0.2) is 22.3 Å². The van der Waals surface area contributed by atoms with Crippen LogP contribution < -0.4 is 4.57 Å². The predicted octanol–water partition coefficient (Wildman–Crippen LogP) is 3.22. The third-order valence-corrected chi connectivity index (χ3v) is 4.27. The number of hydrogen-bond donors (Lipinski definition) is 0. The zero-order valence-electron chi connectivity index (χ0n) is 14.8. The summed E-state index contributed by atoms with van der Waals surface area (Å²) in [5, 5.41) is 11.1. The molecule has 0 saturated heterocycles. The van der Waals surface area contributed by atoms with Crippen molar-refractivity contribution in [1.82, 2.24) is 0 Å². The molecule has 1 heterocycles. The van der Waals surface area contributed by atoms with Crippen LogP contribution in [0.2, 0.25) is 0 Å². The van der Waals surface area contributed by atoms with Crippen LogP contribution in [0.15, 0.2) is 53.8 Å². The van der Waals surface area contributed by atoms with Gasteiger partial charge in [0, 0.05) is 36.4 Å². The molecule has 0 aliphatic heterocycles. The van der Waals surface area contributed by atoms with Crippen LogP contribution in [0.3, 0.4) is 0 Å². The van der Waals surface area contributed by atoms with Crippen LogP contribution in [0.1, 0.15) is 42.2 Å². The van der Waals surface area contributed by atoms with Crippen LogP contribution in [0, 0.1) is 10.1 Å². The predicted molar refractivity (Wildman–Crippen MR) is 102 cm³/mol. The molecule has 0 aliphatic carbocycles. The average Bonchev–Trinajstić information content (AvgIpc) is 2.64. The Labute approximate surface area is 158 Å². The molecule has 1 aromatic heterocycles. The highest BCUT2D eigenvalue weighted by atomic mass is 32.1. The maximum Gasteiger partial charge on any atom is 0.269 e. The number of aliphatic imine (C=N–C) groups is 1. The lowest BCUT2D eigenvalue weighted by Crippen LogP contribution is -2.47. The Morgan fingerprint density at radius 1 is 1.19 bits per heavy atom. The highest BCUT2D eigenvalue weighted by molar-refractivity contribution is 7.77. The summed E-state index contributed by atoms with van der Waals surface area (Å²) in [6.45, 7) is 4.45. The van der Waals surface area contributed by atoms with E-state index in [2.05, 4.69) is 11.9 Å². The number of pyridine rings is 1. The molecule has 2 rings (SSSR count). The third kappa shape index (κ3) is 4.70. The maximum atomic E-state index is 13.0. The number of aromatic nitrogens is 1. The van der Waals surface area contributed by atoms with E-state index in [0.717, 1.165) is 12.8 Å². The fourth-order valence-corrected chi connectivity index (χ4v) is 2.98. The monoisotopic (exact) mass is 371 g/mol. The summed E-state index contributed by atoms with van der Waals surface area (Å²) in [6.07, 6.45) is 5.66. The van der Waals surface area contributed by atoms with Crippen LogP contribution in [0.25, 0.3) is 0 Å². The molecule has 0 aliphatic rings. The number of carbonyl (C=O) groups excluding carboxylic acids is 1. The van der Waals surface area contributed by atoms with Crippen molar-refractivity contribution in [2.75, 3.05) is 6.54 Å². The number of rotatable bonds is 8. The second-order valence-corrected chi connectivity index (χ2v) is 6.21. The number of nitro benzene ring substituents is 1. The van der Waals surface area contributed by atoms with Gasteiger partial charge in [-0.15, -0.1) is 0 Å². The molecule has 0 saturated carbocycles. The molecule has 0 amide bonds. The van der Waals surface area contributed by atoms with E-state index in [1.54, 1.807) is 4.57 Å². The molecule has 0 spiro atoms. The topological polar surface area (TPSA) is 76.5 Å². The molecule has 6 nitrogen and oxygen atoms in total. The molecule has 1 atom stereocenters. The first-order valence-electron chi connectivity index (χ1n) is 8.47. The summed E-state index contributed by atoms with van der Waals surface area (Å²) in [7, 11) is 0. The number of carbonyl (C=O) groups is 1. The molecule has 1 aromatic carbocycles. The first-order valence-corrected chi connectivity index (χ1v) is 8.88. The van der Waals surface area contributed by atoms with Gasteiger partial charge in [-0.1, -0.05) is 13.3 Å². The highest BCUT2D eigenvalue weighted by Gasteiger charge is 2.28. The summed E-state index contributed by atoms with van der Waals surface area (Å²) >= 11 is 5.37. The van der Waals surface area contributed by atoms with Crippen molar-refractivity contribution < 1.29 is 14.3 Å². The van der Waals surface area contributed by atoms with Gasteiger partial charge >= 0.3 is 0 Å². The molecular formula is C19H21N3O3S. The molecular weight excluding hydrogens is 350 g/mol. The summed E-state index contributed by atoms with van der Waals surface area (Å²) in [5.41, 5.74) is 1.48. The number of non-ortho nitro benzene ring substituents is 1. The lowest BCUT2D eigenvalue weighted by atomic mass is 10.0. The number of nitrogens with zero attached hydrogens (tertiary/aromatic N) is 3. The molecule has 26 heavy (non-hydrogen) atoms. The number of aryl methyl sites for hydroxylation is 1. The number of hydrogen-bond acceptors (Lipinski definition) is 5. The SMILES string of the molecule is CCCc1cc[n+]([C@H](C(=O)c2ccc([N+](=O)[O-])cc2)C([S-])=NCC)cc1. The van der Waals surface area contributed by atoms with Crippen molar-refractivity contribution in [2.45, 2.75) is 32.7 Å². The van der Waals surface area contributed by atoms with Crippen molar-refractivity contribution in [3.05, 3.63) is 70.0 Å². The number of benzene rings is 1. The minimum atomic E-state index is -0.748. The molecule has 0 unspecified atom stereocenters. The van der Waals surface area contributed by atoms with Gasteiger partial charge in [-0.2, -0.15) is 4.57 Å². The van der Waals surface area contributed by atoms with Gasteiger partial charge in [-0.05, 0) is 36.1 Å². The summed E-state index contributed by atoms with van der Waals surface area (Å²) in [4.78, 5) is 27.5. The Hall–Kier alpha value is -2.67. The van der Waals surface area contributed by atoms with Crippen LogP contribution in [0.4, 0.5) is 5.69 Å². The van der Waals surface area contributed by atoms with E-state index in [1.165, 1.54) is 29.8 Å². The van der Waals surface area contributed by atoms with Crippen LogP contribution in [0.5, 0.6) is 0 Å². The molecule has 0 N–H and O–H groups in total. The standard InChI is InChI=1S/C19H21N3O3S/c1-3-5-14-10-12-21(13-11-14)17(19(26)20-4-2)18(23)15-6-8-16(9-7-15)22(24)25/h6-13,17H,3-5H2,1-2H3/t17-/m1/s1.